The van der Waals surface area contributed by atoms with Crippen molar-refractivity contribution in [3.63, 3.8) is 0 Å². The summed E-state index contributed by atoms with van der Waals surface area (Å²) < 4.78 is 10.5. The highest BCUT2D eigenvalue weighted by Gasteiger charge is 2.15. The van der Waals surface area contributed by atoms with Crippen molar-refractivity contribution in [3.8, 4) is 0 Å². The minimum absolute atomic E-state index is 0.990. The van der Waals surface area contributed by atoms with Gasteiger partial charge in [-0.2, -0.15) is 0 Å². The molecule has 0 saturated carbocycles. The zero-order valence-electron chi connectivity index (χ0n) is 7.93. The van der Waals surface area contributed by atoms with E-state index in [1.807, 2.05) is 0 Å². The van der Waals surface area contributed by atoms with Gasteiger partial charge in [-0.05, 0) is 25.7 Å². The van der Waals surface area contributed by atoms with Crippen molar-refractivity contribution in [2.75, 3.05) is 14.2 Å². The average molecular weight is 185 g/mol. The van der Waals surface area contributed by atoms with Gasteiger partial charge in [0, 0.05) is 20.3 Å². The Morgan fingerprint density at radius 3 is 2.58 bits per heavy atom. The minimum atomic E-state index is -0.990. The van der Waals surface area contributed by atoms with Crippen LogP contribution in [0, 0.1) is 0 Å². The number of hydrogen-bond donors (Lipinski definition) is 0. The summed E-state index contributed by atoms with van der Waals surface area (Å²) in [5.41, 5.74) is 1.54. The highest BCUT2D eigenvalue weighted by molar-refractivity contribution is 6.45. The van der Waals surface area contributed by atoms with Gasteiger partial charge in [-0.1, -0.05) is 11.6 Å². The molecule has 0 atom stereocenters. The van der Waals surface area contributed by atoms with Crippen molar-refractivity contribution < 1.29 is 8.85 Å². The fourth-order valence-corrected chi connectivity index (χ4v) is 2.63. The Kier molecular flexibility index (Phi) is 4.57. The second kappa shape index (κ2) is 5.51. The van der Waals surface area contributed by atoms with Crippen LogP contribution in [0.15, 0.2) is 11.6 Å². The summed E-state index contributed by atoms with van der Waals surface area (Å²) in [5.74, 6) is 0. The molecule has 0 aromatic rings. The van der Waals surface area contributed by atoms with E-state index in [9.17, 15) is 0 Å². The molecule has 0 saturated heterocycles. The second-order valence-corrected chi connectivity index (χ2v) is 4.98. The molecule has 0 spiro atoms. The molecule has 0 heterocycles. The fourth-order valence-electron chi connectivity index (χ4n) is 1.48. The van der Waals surface area contributed by atoms with Crippen molar-refractivity contribution in [1.29, 1.82) is 0 Å². The Bertz CT molecular complexity index is 153. The Balaban J connectivity index is 2.32. The maximum Gasteiger partial charge on any atom is 0.388 e. The van der Waals surface area contributed by atoms with E-state index in [1.165, 1.54) is 25.7 Å². The third-order valence-electron chi connectivity index (χ3n) is 2.21. The molecule has 0 fully saturated rings. The maximum atomic E-state index is 5.24. The zero-order chi connectivity index (χ0) is 8.81. The molecule has 0 aliphatic heterocycles. The van der Waals surface area contributed by atoms with Gasteiger partial charge in [0.1, 0.15) is 0 Å². The Morgan fingerprint density at radius 2 is 2.08 bits per heavy atom. The second-order valence-electron chi connectivity index (χ2n) is 3.07. The largest absolute Gasteiger partial charge is 0.397 e. The molecule has 0 N–H and O–H groups in total. The molecule has 69 valence electrons. The lowest BCUT2D eigenvalue weighted by Gasteiger charge is -2.15. The van der Waals surface area contributed by atoms with Crippen LogP contribution in [-0.4, -0.2) is 23.5 Å². The van der Waals surface area contributed by atoms with E-state index in [0.717, 1.165) is 6.04 Å². The Hall–Kier alpha value is -0.123. The molecule has 3 heteroatoms. The molecule has 0 aromatic carbocycles. The molecular weight excluding hydrogens is 168 g/mol. The zero-order valence-corrected chi connectivity index (χ0v) is 8.93. The molecule has 1 aliphatic rings. The van der Waals surface area contributed by atoms with E-state index < -0.39 is 9.28 Å². The highest BCUT2D eigenvalue weighted by Crippen LogP contribution is 2.21. The first-order chi connectivity index (χ1) is 5.86. The highest BCUT2D eigenvalue weighted by atomic mass is 28.3. The van der Waals surface area contributed by atoms with Crippen LogP contribution in [0.4, 0.5) is 0 Å². The van der Waals surface area contributed by atoms with Gasteiger partial charge in [-0.25, -0.2) is 0 Å². The minimum Gasteiger partial charge on any atom is -0.397 e. The molecule has 2 nitrogen and oxygen atoms in total. The van der Waals surface area contributed by atoms with Crippen LogP contribution in [-0.2, 0) is 8.85 Å². The molecule has 0 bridgehead atoms. The summed E-state index contributed by atoms with van der Waals surface area (Å²) >= 11 is 0. The molecular formula is C9H17O2Si. The van der Waals surface area contributed by atoms with Gasteiger partial charge in [0.2, 0.25) is 0 Å². The normalized spacial score (nSPS) is 18.1. The summed E-state index contributed by atoms with van der Waals surface area (Å²) in [7, 11) is 2.48. The van der Waals surface area contributed by atoms with Gasteiger partial charge in [0.15, 0.2) is 0 Å². The van der Waals surface area contributed by atoms with Crippen LogP contribution in [0.3, 0.4) is 0 Å². The first-order valence-electron chi connectivity index (χ1n) is 4.48. The lowest BCUT2D eigenvalue weighted by atomic mass is 10.0. The van der Waals surface area contributed by atoms with Gasteiger partial charge in [-0.15, -0.1) is 0 Å². The van der Waals surface area contributed by atoms with Crippen LogP contribution in [0.25, 0.3) is 0 Å². The summed E-state index contributed by atoms with van der Waals surface area (Å²) in [6, 6.07) is 1.04. The van der Waals surface area contributed by atoms with Crippen LogP contribution in [0.1, 0.15) is 25.7 Å². The van der Waals surface area contributed by atoms with Crippen LogP contribution in [0.2, 0.25) is 6.04 Å². The van der Waals surface area contributed by atoms with E-state index in [4.69, 9.17) is 8.85 Å². The molecule has 0 unspecified atom stereocenters. The van der Waals surface area contributed by atoms with Crippen LogP contribution in [0.5, 0.6) is 0 Å². The average Bonchev–Trinajstić information content (AvgIpc) is 2.16. The van der Waals surface area contributed by atoms with Crippen LogP contribution < -0.4 is 0 Å². The molecule has 12 heavy (non-hydrogen) atoms. The Morgan fingerprint density at radius 1 is 1.33 bits per heavy atom. The van der Waals surface area contributed by atoms with E-state index >= 15 is 0 Å². The van der Waals surface area contributed by atoms with E-state index in [2.05, 4.69) is 6.08 Å². The first-order valence-corrected chi connectivity index (χ1v) is 6.01. The molecule has 1 radical (unpaired) electrons. The number of rotatable bonds is 4. The summed E-state index contributed by atoms with van der Waals surface area (Å²) in [6.07, 6.45) is 7.55. The van der Waals surface area contributed by atoms with Gasteiger partial charge >= 0.3 is 9.28 Å². The van der Waals surface area contributed by atoms with Crippen LogP contribution >= 0.6 is 0 Å². The van der Waals surface area contributed by atoms with Gasteiger partial charge in [0.25, 0.3) is 0 Å². The van der Waals surface area contributed by atoms with Crippen molar-refractivity contribution >= 4 is 9.28 Å². The Labute approximate surface area is 76.4 Å². The summed E-state index contributed by atoms with van der Waals surface area (Å²) in [6.45, 7) is 0. The summed E-state index contributed by atoms with van der Waals surface area (Å²) in [5, 5.41) is 0. The number of allylic oxidation sites excluding steroid dienone is 2. The van der Waals surface area contributed by atoms with Gasteiger partial charge in [-0.3, -0.25) is 0 Å². The van der Waals surface area contributed by atoms with Crippen molar-refractivity contribution in [3.05, 3.63) is 11.6 Å². The lowest BCUT2D eigenvalue weighted by molar-refractivity contribution is 0.279. The molecule has 1 rings (SSSR count). The quantitative estimate of drug-likeness (QED) is 0.494. The van der Waals surface area contributed by atoms with Gasteiger partial charge < -0.3 is 8.85 Å². The fraction of sp³-hybridized carbons (Fsp3) is 0.778. The van der Waals surface area contributed by atoms with E-state index in [1.54, 1.807) is 19.8 Å². The van der Waals surface area contributed by atoms with E-state index in [-0.39, 0.29) is 0 Å². The summed E-state index contributed by atoms with van der Waals surface area (Å²) in [4.78, 5) is 0. The molecule has 0 aromatic heterocycles. The smallest absolute Gasteiger partial charge is 0.388 e. The third-order valence-corrected chi connectivity index (χ3v) is 3.87. The number of hydrogen-bond acceptors (Lipinski definition) is 2. The van der Waals surface area contributed by atoms with Crippen molar-refractivity contribution in [2.24, 2.45) is 0 Å². The lowest BCUT2D eigenvalue weighted by Crippen LogP contribution is -2.19. The predicted octanol–water partition coefficient (Wildman–Crippen LogP) is 2.27. The molecule has 1 aliphatic carbocycles. The van der Waals surface area contributed by atoms with Crippen molar-refractivity contribution in [1.82, 2.24) is 0 Å². The first kappa shape index (κ1) is 9.96. The topological polar surface area (TPSA) is 18.5 Å². The molecule has 0 amide bonds. The third kappa shape index (κ3) is 3.09. The SMILES string of the molecule is CO[Si](CC1=CCCCC1)OC. The standard InChI is InChI=1S/C9H17O2Si/c1-10-12(11-2)8-9-6-4-3-5-7-9/h6H,3-5,7-8H2,1-2H3. The predicted molar refractivity (Wildman–Crippen MR) is 51.1 cm³/mol. The van der Waals surface area contributed by atoms with Gasteiger partial charge in [0.05, 0.1) is 0 Å². The van der Waals surface area contributed by atoms with E-state index in [0.29, 0.717) is 0 Å². The van der Waals surface area contributed by atoms with Crippen molar-refractivity contribution in [2.45, 2.75) is 31.7 Å². The maximum absolute atomic E-state index is 5.24. The monoisotopic (exact) mass is 185 g/mol.